The molecule has 3 heterocycles. The lowest BCUT2D eigenvalue weighted by atomic mass is 10.1. The molecular formula is C13H19N5O2. The number of carbonyl (C=O) groups is 1. The predicted octanol–water partition coefficient (Wildman–Crippen LogP) is 0.717. The van der Waals surface area contributed by atoms with E-state index in [-0.39, 0.29) is 18.1 Å². The summed E-state index contributed by atoms with van der Waals surface area (Å²) in [4.78, 5) is 20.4. The number of rotatable bonds is 3. The van der Waals surface area contributed by atoms with Crippen molar-refractivity contribution in [3.63, 3.8) is 0 Å². The molecule has 0 unspecified atom stereocenters. The van der Waals surface area contributed by atoms with E-state index >= 15 is 0 Å². The number of urea groups is 1. The van der Waals surface area contributed by atoms with Gasteiger partial charge in [-0.25, -0.2) is 4.79 Å². The molecule has 108 valence electrons. The van der Waals surface area contributed by atoms with Gasteiger partial charge >= 0.3 is 6.03 Å². The largest absolute Gasteiger partial charge is 0.338 e. The summed E-state index contributed by atoms with van der Waals surface area (Å²) in [5.41, 5.74) is 0. The van der Waals surface area contributed by atoms with Crippen molar-refractivity contribution >= 4 is 6.03 Å². The second kappa shape index (κ2) is 4.44. The molecule has 2 amide bonds. The van der Waals surface area contributed by atoms with Gasteiger partial charge in [0.1, 0.15) is 0 Å². The molecular weight excluding hydrogens is 258 g/mol. The Balaban J connectivity index is 1.45. The minimum atomic E-state index is 0.0658. The van der Waals surface area contributed by atoms with E-state index in [4.69, 9.17) is 4.52 Å². The summed E-state index contributed by atoms with van der Waals surface area (Å²) in [6, 6.07) is 0.452. The molecule has 1 saturated carbocycles. The molecule has 0 spiro atoms. The number of piperazine rings is 1. The summed E-state index contributed by atoms with van der Waals surface area (Å²) in [5.74, 6) is 2.09. The summed E-state index contributed by atoms with van der Waals surface area (Å²) < 4.78 is 5.41. The Morgan fingerprint density at radius 3 is 3.05 bits per heavy atom. The van der Waals surface area contributed by atoms with E-state index < -0.39 is 0 Å². The van der Waals surface area contributed by atoms with E-state index in [1.807, 2.05) is 4.90 Å². The molecule has 7 heteroatoms. The van der Waals surface area contributed by atoms with Gasteiger partial charge in [0, 0.05) is 32.1 Å². The Labute approximate surface area is 117 Å². The number of nitrogens with one attached hydrogen (secondary N) is 1. The molecule has 1 aliphatic carbocycles. The minimum Gasteiger partial charge on any atom is -0.338 e. The fourth-order valence-electron chi connectivity index (χ4n) is 3.06. The molecule has 1 aromatic heterocycles. The maximum Gasteiger partial charge on any atom is 0.317 e. The van der Waals surface area contributed by atoms with Crippen molar-refractivity contribution in [3.05, 3.63) is 11.7 Å². The second-order valence-electron chi connectivity index (χ2n) is 5.97. The first-order valence-electron chi connectivity index (χ1n) is 7.34. The Kier molecular flexibility index (Phi) is 2.70. The van der Waals surface area contributed by atoms with Crippen LogP contribution in [-0.4, -0.2) is 58.2 Å². The van der Waals surface area contributed by atoms with Crippen LogP contribution in [0.15, 0.2) is 4.52 Å². The van der Waals surface area contributed by atoms with Crippen LogP contribution in [-0.2, 0) is 0 Å². The average Bonchev–Trinajstić information content (AvgIpc) is 3.09. The second-order valence-corrected chi connectivity index (χ2v) is 5.97. The van der Waals surface area contributed by atoms with Crippen LogP contribution < -0.4 is 5.32 Å². The van der Waals surface area contributed by atoms with Crippen molar-refractivity contribution in [1.82, 2.24) is 25.3 Å². The number of carbonyl (C=O) groups excluding carboxylic acids is 1. The Morgan fingerprint density at radius 2 is 2.25 bits per heavy atom. The SMILES string of the molecule is C[C@H](c1nc(C2CC2)no1)N1CCN2C(=O)NC[C@H]2C1. The zero-order valence-corrected chi connectivity index (χ0v) is 11.6. The first kappa shape index (κ1) is 12.1. The van der Waals surface area contributed by atoms with Crippen LogP contribution >= 0.6 is 0 Å². The van der Waals surface area contributed by atoms with E-state index in [0.29, 0.717) is 11.8 Å². The highest BCUT2D eigenvalue weighted by Gasteiger charge is 2.38. The molecule has 1 aromatic rings. The lowest BCUT2D eigenvalue weighted by molar-refractivity contribution is 0.0812. The van der Waals surface area contributed by atoms with Gasteiger partial charge in [0.15, 0.2) is 5.82 Å². The average molecular weight is 277 g/mol. The summed E-state index contributed by atoms with van der Waals surface area (Å²) in [6.07, 6.45) is 2.36. The Hall–Kier alpha value is -1.63. The highest BCUT2D eigenvalue weighted by atomic mass is 16.5. The van der Waals surface area contributed by atoms with Gasteiger partial charge in [-0.3, -0.25) is 4.90 Å². The third-order valence-electron chi connectivity index (χ3n) is 4.57. The quantitative estimate of drug-likeness (QED) is 0.881. The Bertz CT molecular complexity index is 527. The van der Waals surface area contributed by atoms with Gasteiger partial charge in [-0.1, -0.05) is 5.16 Å². The van der Waals surface area contributed by atoms with Crippen molar-refractivity contribution in [2.24, 2.45) is 0 Å². The molecule has 2 aliphatic heterocycles. The summed E-state index contributed by atoms with van der Waals surface area (Å²) in [7, 11) is 0. The van der Waals surface area contributed by atoms with Gasteiger partial charge in [0.05, 0.1) is 12.1 Å². The highest BCUT2D eigenvalue weighted by Crippen LogP contribution is 2.38. The third kappa shape index (κ3) is 1.96. The van der Waals surface area contributed by atoms with Crippen LogP contribution in [0.4, 0.5) is 4.79 Å². The molecule has 2 saturated heterocycles. The van der Waals surface area contributed by atoms with Crippen LogP contribution in [0.3, 0.4) is 0 Å². The molecule has 20 heavy (non-hydrogen) atoms. The molecule has 0 radical (unpaired) electrons. The van der Waals surface area contributed by atoms with Gasteiger partial charge in [0.2, 0.25) is 5.89 Å². The van der Waals surface area contributed by atoms with Crippen LogP contribution in [0.2, 0.25) is 0 Å². The van der Waals surface area contributed by atoms with E-state index in [0.717, 1.165) is 32.0 Å². The van der Waals surface area contributed by atoms with Crippen LogP contribution in [0.25, 0.3) is 0 Å². The third-order valence-corrected chi connectivity index (χ3v) is 4.57. The molecule has 7 nitrogen and oxygen atoms in total. The molecule has 3 fully saturated rings. The zero-order chi connectivity index (χ0) is 13.7. The van der Waals surface area contributed by atoms with E-state index in [1.165, 1.54) is 12.8 Å². The maximum absolute atomic E-state index is 11.6. The molecule has 1 N–H and O–H groups in total. The van der Waals surface area contributed by atoms with Crippen molar-refractivity contribution < 1.29 is 9.32 Å². The van der Waals surface area contributed by atoms with Crippen molar-refractivity contribution in [1.29, 1.82) is 0 Å². The van der Waals surface area contributed by atoms with Gasteiger partial charge in [-0.05, 0) is 19.8 Å². The number of hydrogen-bond donors (Lipinski definition) is 1. The first-order valence-corrected chi connectivity index (χ1v) is 7.34. The molecule has 2 atom stereocenters. The monoisotopic (exact) mass is 277 g/mol. The van der Waals surface area contributed by atoms with E-state index in [1.54, 1.807) is 0 Å². The fourth-order valence-corrected chi connectivity index (χ4v) is 3.06. The number of aromatic nitrogens is 2. The van der Waals surface area contributed by atoms with Gasteiger partial charge < -0.3 is 14.7 Å². The number of hydrogen-bond acceptors (Lipinski definition) is 5. The maximum atomic E-state index is 11.6. The van der Waals surface area contributed by atoms with Crippen molar-refractivity contribution in [3.8, 4) is 0 Å². The molecule has 0 aromatic carbocycles. The van der Waals surface area contributed by atoms with Crippen molar-refractivity contribution in [2.45, 2.75) is 37.8 Å². The molecule has 4 rings (SSSR count). The smallest absolute Gasteiger partial charge is 0.317 e. The molecule has 0 bridgehead atoms. The normalized spacial score (nSPS) is 28.4. The van der Waals surface area contributed by atoms with E-state index in [9.17, 15) is 4.79 Å². The van der Waals surface area contributed by atoms with Crippen LogP contribution in [0, 0.1) is 0 Å². The lowest BCUT2D eigenvalue weighted by Gasteiger charge is -2.38. The fraction of sp³-hybridized carbons (Fsp3) is 0.769. The van der Waals surface area contributed by atoms with Gasteiger partial charge in [-0.2, -0.15) is 4.98 Å². The number of amides is 2. The summed E-state index contributed by atoms with van der Waals surface area (Å²) >= 11 is 0. The topological polar surface area (TPSA) is 74.5 Å². The van der Waals surface area contributed by atoms with Crippen LogP contribution in [0.1, 0.15) is 43.4 Å². The predicted molar refractivity (Wildman–Crippen MR) is 70.2 cm³/mol. The van der Waals surface area contributed by atoms with E-state index in [2.05, 4.69) is 27.3 Å². The highest BCUT2D eigenvalue weighted by molar-refractivity contribution is 5.77. The summed E-state index contributed by atoms with van der Waals surface area (Å²) in [6.45, 7) is 5.32. The van der Waals surface area contributed by atoms with Crippen molar-refractivity contribution in [2.75, 3.05) is 26.2 Å². The summed E-state index contributed by atoms with van der Waals surface area (Å²) in [5, 5.41) is 6.98. The minimum absolute atomic E-state index is 0.0658. The first-order chi connectivity index (χ1) is 9.72. The van der Waals surface area contributed by atoms with Gasteiger partial charge in [-0.15, -0.1) is 0 Å². The lowest BCUT2D eigenvalue weighted by Crippen LogP contribution is -2.52. The number of fused-ring (bicyclic) bond motifs is 1. The Morgan fingerprint density at radius 1 is 1.40 bits per heavy atom. The van der Waals surface area contributed by atoms with Gasteiger partial charge in [0.25, 0.3) is 0 Å². The molecule has 3 aliphatic rings. The van der Waals surface area contributed by atoms with Crippen LogP contribution in [0.5, 0.6) is 0 Å². The standard InChI is InChI=1S/C13H19N5O2/c1-8(12-15-11(16-20-12)9-2-3-9)17-4-5-18-10(7-17)6-14-13(18)19/h8-10H,2-7H2,1H3,(H,14,19)/t8-,10+/m1/s1. The number of nitrogens with zero attached hydrogens (tertiary/aromatic N) is 4. The zero-order valence-electron chi connectivity index (χ0n) is 11.6.